The summed E-state index contributed by atoms with van der Waals surface area (Å²) in [5.41, 5.74) is 8.37. The number of anilines is 4. The first-order valence-corrected chi connectivity index (χ1v) is 15.8. The number of para-hydroxylation sites is 3. The standard InChI is InChI=1S/C36H26N4S2/c37-22-24-17-19-26(39-28-9-1-5-13-32(28)41-33-14-6-2-10-29(33)39)21-27(24)25-18-20-36(38-23-25)40-30-11-3-7-15-34(30)42-35-16-8-4-12-31(35)40/h1-7,9-15,17-19,21,23,36H,8,16,20H2. The Morgan fingerprint density at radius 1 is 0.810 bits per heavy atom. The Morgan fingerprint density at radius 3 is 2.19 bits per heavy atom. The van der Waals surface area contributed by atoms with E-state index in [1.54, 1.807) is 11.8 Å². The molecule has 3 heterocycles. The number of fused-ring (bicyclic) bond motifs is 3. The zero-order valence-electron chi connectivity index (χ0n) is 22.8. The number of benzene rings is 4. The van der Waals surface area contributed by atoms with Crippen LogP contribution in [0.4, 0.5) is 22.7 Å². The molecule has 42 heavy (non-hydrogen) atoms. The lowest BCUT2D eigenvalue weighted by atomic mass is 9.96. The molecule has 4 aromatic rings. The second-order valence-electron chi connectivity index (χ2n) is 10.6. The number of hydrogen-bond donors (Lipinski definition) is 0. The number of aliphatic imine (C=N–C) groups is 1. The quantitative estimate of drug-likeness (QED) is 0.213. The maximum Gasteiger partial charge on any atom is 0.129 e. The monoisotopic (exact) mass is 578 g/mol. The highest BCUT2D eigenvalue weighted by molar-refractivity contribution is 8.03. The molecule has 4 aliphatic rings. The summed E-state index contributed by atoms with van der Waals surface area (Å²) in [6.07, 6.45) is 11.6. The van der Waals surface area contributed by atoms with Crippen LogP contribution in [0.5, 0.6) is 0 Å². The van der Waals surface area contributed by atoms with Crippen molar-refractivity contribution in [3.05, 3.63) is 131 Å². The molecule has 0 aromatic heterocycles. The Morgan fingerprint density at radius 2 is 1.50 bits per heavy atom. The van der Waals surface area contributed by atoms with Crippen LogP contribution in [-0.4, -0.2) is 12.4 Å². The van der Waals surface area contributed by atoms with Crippen LogP contribution in [-0.2, 0) is 0 Å². The molecule has 202 valence electrons. The first-order valence-electron chi connectivity index (χ1n) is 14.2. The Hall–Kier alpha value is -4.44. The predicted molar refractivity (Wildman–Crippen MR) is 175 cm³/mol. The van der Waals surface area contributed by atoms with Crippen molar-refractivity contribution >= 4 is 58.1 Å². The van der Waals surface area contributed by atoms with Gasteiger partial charge in [0.05, 0.1) is 34.4 Å². The third-order valence-electron chi connectivity index (χ3n) is 8.07. The van der Waals surface area contributed by atoms with Gasteiger partial charge in [-0.15, -0.1) is 0 Å². The van der Waals surface area contributed by atoms with E-state index in [9.17, 15) is 5.26 Å². The van der Waals surface area contributed by atoms with Gasteiger partial charge in [-0.25, -0.2) is 0 Å². The average molecular weight is 579 g/mol. The van der Waals surface area contributed by atoms with Gasteiger partial charge in [0.2, 0.25) is 0 Å². The molecule has 0 saturated heterocycles. The Balaban J connectivity index is 1.16. The van der Waals surface area contributed by atoms with E-state index < -0.39 is 0 Å². The van der Waals surface area contributed by atoms with Crippen molar-refractivity contribution in [2.45, 2.75) is 40.1 Å². The van der Waals surface area contributed by atoms with Crippen molar-refractivity contribution in [3.63, 3.8) is 0 Å². The average Bonchev–Trinajstić information content (AvgIpc) is 3.06. The van der Waals surface area contributed by atoms with Crippen molar-refractivity contribution in [2.24, 2.45) is 4.99 Å². The summed E-state index contributed by atoms with van der Waals surface area (Å²) in [6, 6.07) is 34.2. The van der Waals surface area contributed by atoms with Gasteiger partial charge in [0.25, 0.3) is 0 Å². The highest BCUT2D eigenvalue weighted by Crippen LogP contribution is 2.52. The second kappa shape index (κ2) is 10.4. The highest BCUT2D eigenvalue weighted by atomic mass is 32.2. The zero-order chi connectivity index (χ0) is 28.0. The van der Waals surface area contributed by atoms with E-state index in [0.717, 1.165) is 47.5 Å². The number of allylic oxidation sites excluding steroid dienone is 4. The van der Waals surface area contributed by atoms with Gasteiger partial charge >= 0.3 is 0 Å². The first-order chi connectivity index (χ1) is 20.8. The molecule has 0 bridgehead atoms. The molecule has 6 heteroatoms. The summed E-state index contributed by atoms with van der Waals surface area (Å²) in [5.74, 6) is 0. The van der Waals surface area contributed by atoms with E-state index in [0.29, 0.717) is 5.56 Å². The van der Waals surface area contributed by atoms with E-state index in [-0.39, 0.29) is 6.17 Å². The highest BCUT2D eigenvalue weighted by Gasteiger charge is 2.31. The van der Waals surface area contributed by atoms with E-state index in [2.05, 4.69) is 119 Å². The largest absolute Gasteiger partial charge is 0.317 e. The maximum absolute atomic E-state index is 10.1. The molecule has 8 rings (SSSR count). The van der Waals surface area contributed by atoms with Crippen molar-refractivity contribution in [1.82, 2.24) is 0 Å². The molecule has 0 fully saturated rings. The summed E-state index contributed by atoms with van der Waals surface area (Å²) in [5, 5.41) is 10.1. The lowest BCUT2D eigenvalue weighted by Crippen LogP contribution is -2.36. The molecular weight excluding hydrogens is 553 g/mol. The van der Waals surface area contributed by atoms with Gasteiger partial charge in [-0.1, -0.05) is 72.1 Å². The molecule has 0 radical (unpaired) electrons. The summed E-state index contributed by atoms with van der Waals surface area (Å²) in [7, 11) is 0. The van der Waals surface area contributed by atoms with Crippen LogP contribution >= 0.6 is 23.5 Å². The fraction of sp³-hybridized carbons (Fsp3) is 0.111. The molecule has 4 aromatic carbocycles. The second-order valence-corrected chi connectivity index (χ2v) is 12.8. The number of hydrogen-bond acceptors (Lipinski definition) is 6. The van der Waals surface area contributed by atoms with E-state index in [1.807, 2.05) is 24.0 Å². The van der Waals surface area contributed by atoms with Crippen LogP contribution in [0.2, 0.25) is 0 Å². The van der Waals surface area contributed by atoms with Crippen molar-refractivity contribution in [3.8, 4) is 6.07 Å². The summed E-state index contributed by atoms with van der Waals surface area (Å²) < 4.78 is 0. The third-order valence-corrected chi connectivity index (χ3v) is 10.4. The van der Waals surface area contributed by atoms with Gasteiger partial charge in [0.15, 0.2) is 0 Å². The Labute approximate surface area is 254 Å². The smallest absolute Gasteiger partial charge is 0.129 e. The van der Waals surface area contributed by atoms with Gasteiger partial charge in [0, 0.05) is 43.5 Å². The summed E-state index contributed by atoms with van der Waals surface area (Å²) in [6.45, 7) is 0. The lowest BCUT2D eigenvalue weighted by molar-refractivity contribution is 0.664. The number of rotatable bonds is 3. The van der Waals surface area contributed by atoms with Crippen molar-refractivity contribution in [2.75, 3.05) is 9.80 Å². The summed E-state index contributed by atoms with van der Waals surface area (Å²) >= 11 is 3.69. The third kappa shape index (κ3) is 4.20. The lowest BCUT2D eigenvalue weighted by Gasteiger charge is -2.39. The van der Waals surface area contributed by atoms with Crippen LogP contribution in [0.15, 0.2) is 140 Å². The van der Waals surface area contributed by atoms with Gasteiger partial charge < -0.3 is 9.80 Å². The maximum atomic E-state index is 10.1. The molecule has 1 atom stereocenters. The Kier molecular flexibility index (Phi) is 6.28. The van der Waals surface area contributed by atoms with Gasteiger partial charge in [-0.05, 0) is 79.1 Å². The number of thioether (sulfide) groups is 1. The molecule has 1 unspecified atom stereocenters. The predicted octanol–water partition coefficient (Wildman–Crippen LogP) is 9.85. The van der Waals surface area contributed by atoms with E-state index >= 15 is 0 Å². The molecular formula is C36H26N4S2. The fourth-order valence-electron chi connectivity index (χ4n) is 6.13. The first kappa shape index (κ1) is 25.3. The molecule has 0 N–H and O–H groups in total. The number of nitriles is 1. The van der Waals surface area contributed by atoms with Crippen LogP contribution in [0.1, 0.15) is 30.4 Å². The Bertz CT molecular complexity index is 1870. The van der Waals surface area contributed by atoms with Crippen LogP contribution in [0, 0.1) is 11.3 Å². The minimum absolute atomic E-state index is 0.0323. The summed E-state index contributed by atoms with van der Waals surface area (Å²) in [4.78, 5) is 15.0. The number of nitrogens with zero attached hydrogens (tertiary/aromatic N) is 4. The molecule has 0 amide bonds. The van der Waals surface area contributed by atoms with Crippen LogP contribution in [0.3, 0.4) is 0 Å². The fourth-order valence-corrected chi connectivity index (χ4v) is 8.36. The zero-order valence-corrected chi connectivity index (χ0v) is 24.4. The molecule has 4 nitrogen and oxygen atoms in total. The minimum atomic E-state index is -0.0323. The van der Waals surface area contributed by atoms with Gasteiger partial charge in [-0.2, -0.15) is 5.26 Å². The molecule has 3 aliphatic heterocycles. The van der Waals surface area contributed by atoms with Gasteiger partial charge in [0.1, 0.15) is 6.17 Å². The normalized spacial score (nSPS) is 18.5. The van der Waals surface area contributed by atoms with Crippen LogP contribution in [0.25, 0.3) is 5.57 Å². The topological polar surface area (TPSA) is 42.6 Å². The number of dihydropyridines is 1. The van der Waals surface area contributed by atoms with Crippen molar-refractivity contribution < 1.29 is 0 Å². The SMILES string of the molecule is N#Cc1ccc(N2c3ccccc3Sc3ccccc32)cc1C1=CCC(N2C3=C(CCC=C3)Sc3ccccc32)N=C1. The van der Waals surface area contributed by atoms with E-state index in [1.165, 1.54) is 31.0 Å². The van der Waals surface area contributed by atoms with Gasteiger partial charge in [-0.3, -0.25) is 4.99 Å². The molecule has 0 spiro atoms. The molecule has 1 aliphatic carbocycles. The molecule has 0 saturated carbocycles. The van der Waals surface area contributed by atoms with E-state index in [4.69, 9.17) is 4.99 Å². The van der Waals surface area contributed by atoms with Crippen LogP contribution < -0.4 is 9.80 Å². The van der Waals surface area contributed by atoms with Crippen molar-refractivity contribution in [1.29, 1.82) is 5.26 Å². The minimum Gasteiger partial charge on any atom is -0.317 e.